The van der Waals surface area contributed by atoms with Gasteiger partial charge in [0, 0.05) is 44.5 Å². The van der Waals surface area contributed by atoms with Crippen LogP contribution in [0.15, 0.2) is 10.4 Å². The van der Waals surface area contributed by atoms with Crippen molar-refractivity contribution in [2.45, 2.75) is 32.4 Å². The zero-order valence-corrected chi connectivity index (χ0v) is 20.2. The SMILES string of the molecule is CCNC(=NCCCN1CCCN(C)CC1)NCCc1nc(C(F)(F)F)cs1.I. The van der Waals surface area contributed by atoms with E-state index in [0.717, 1.165) is 69.0 Å². The number of guanidine groups is 1. The van der Waals surface area contributed by atoms with Crippen LogP contribution in [-0.2, 0) is 12.6 Å². The van der Waals surface area contributed by atoms with E-state index in [-0.39, 0.29) is 24.0 Å². The summed E-state index contributed by atoms with van der Waals surface area (Å²) in [5.41, 5.74) is -0.812. The first-order chi connectivity index (χ1) is 13.4. The van der Waals surface area contributed by atoms with Crippen LogP contribution < -0.4 is 10.6 Å². The Labute approximate surface area is 192 Å². The van der Waals surface area contributed by atoms with Crippen LogP contribution in [-0.4, -0.2) is 80.1 Å². The van der Waals surface area contributed by atoms with E-state index in [9.17, 15) is 13.2 Å². The first-order valence-electron chi connectivity index (χ1n) is 9.83. The summed E-state index contributed by atoms with van der Waals surface area (Å²) in [6.45, 7) is 9.49. The maximum atomic E-state index is 12.6. The number of aromatic nitrogens is 1. The van der Waals surface area contributed by atoms with Crippen molar-refractivity contribution < 1.29 is 13.2 Å². The van der Waals surface area contributed by atoms with Gasteiger partial charge < -0.3 is 20.4 Å². The highest BCUT2D eigenvalue weighted by molar-refractivity contribution is 14.0. The monoisotopic (exact) mass is 548 g/mol. The van der Waals surface area contributed by atoms with Crippen molar-refractivity contribution in [2.75, 3.05) is 59.4 Å². The second-order valence-corrected chi connectivity index (χ2v) is 7.86. The molecule has 1 aromatic heterocycles. The molecule has 11 heteroatoms. The number of halogens is 4. The Morgan fingerprint density at radius 3 is 2.72 bits per heavy atom. The molecule has 0 aliphatic carbocycles. The maximum absolute atomic E-state index is 12.6. The lowest BCUT2D eigenvalue weighted by atomic mass is 10.3. The summed E-state index contributed by atoms with van der Waals surface area (Å²) >= 11 is 1.04. The third-order valence-corrected chi connectivity index (χ3v) is 5.44. The van der Waals surface area contributed by atoms with Gasteiger partial charge in [-0.25, -0.2) is 4.98 Å². The van der Waals surface area contributed by atoms with E-state index in [4.69, 9.17) is 0 Å². The Bertz CT molecular complexity index is 611. The van der Waals surface area contributed by atoms with Crippen LogP contribution in [0, 0.1) is 0 Å². The average Bonchev–Trinajstić information content (AvgIpc) is 3.02. The standard InChI is InChI=1S/C18H31F3N6S.HI/c1-3-22-17(23-7-4-10-27-11-5-9-26(2)12-13-27)24-8-6-16-25-15(14-28-16)18(19,20)21;/h14H,3-13H2,1-2H3,(H2,22,23,24);1H. The Balaban J connectivity index is 0.00000420. The van der Waals surface area contributed by atoms with Gasteiger partial charge >= 0.3 is 6.18 Å². The van der Waals surface area contributed by atoms with Gasteiger partial charge in [-0.05, 0) is 46.4 Å². The number of nitrogens with one attached hydrogen (secondary N) is 2. The fourth-order valence-corrected chi connectivity index (χ4v) is 3.80. The number of hydrogen-bond donors (Lipinski definition) is 2. The minimum atomic E-state index is -4.37. The molecule has 1 saturated heterocycles. The molecular formula is C18H32F3IN6S. The summed E-state index contributed by atoms with van der Waals surface area (Å²) in [6.07, 6.45) is -1.74. The lowest BCUT2D eigenvalue weighted by molar-refractivity contribution is -0.140. The smallest absolute Gasteiger partial charge is 0.357 e. The van der Waals surface area contributed by atoms with Gasteiger partial charge in [0.1, 0.15) is 0 Å². The molecule has 2 heterocycles. The topological polar surface area (TPSA) is 55.8 Å². The van der Waals surface area contributed by atoms with Gasteiger partial charge in [0.25, 0.3) is 0 Å². The second kappa shape index (κ2) is 13.6. The summed E-state index contributed by atoms with van der Waals surface area (Å²) in [5, 5.41) is 7.89. The molecule has 0 unspecified atom stereocenters. The molecular weight excluding hydrogens is 516 g/mol. The molecule has 2 rings (SSSR count). The molecule has 1 fully saturated rings. The van der Waals surface area contributed by atoms with Gasteiger partial charge in [-0.15, -0.1) is 35.3 Å². The van der Waals surface area contributed by atoms with Crippen molar-refractivity contribution in [3.05, 3.63) is 16.1 Å². The Morgan fingerprint density at radius 2 is 2.03 bits per heavy atom. The van der Waals surface area contributed by atoms with E-state index in [0.29, 0.717) is 23.9 Å². The predicted octanol–water partition coefficient (Wildman–Crippen LogP) is 2.91. The Morgan fingerprint density at radius 1 is 1.24 bits per heavy atom. The molecule has 29 heavy (non-hydrogen) atoms. The molecule has 2 N–H and O–H groups in total. The molecule has 1 aromatic rings. The molecule has 0 bridgehead atoms. The molecule has 0 aromatic carbocycles. The molecule has 0 atom stereocenters. The van der Waals surface area contributed by atoms with Crippen LogP contribution in [0.2, 0.25) is 0 Å². The number of likely N-dealkylation sites (N-methyl/N-ethyl adjacent to an activating group) is 1. The predicted molar refractivity (Wildman–Crippen MR) is 123 cm³/mol. The third-order valence-electron chi connectivity index (χ3n) is 4.53. The summed E-state index contributed by atoms with van der Waals surface area (Å²) in [7, 11) is 2.16. The number of aliphatic imine (C=N–C) groups is 1. The quantitative estimate of drug-likeness (QED) is 0.227. The highest BCUT2D eigenvalue weighted by Gasteiger charge is 2.33. The van der Waals surface area contributed by atoms with Crippen LogP contribution >= 0.6 is 35.3 Å². The lowest BCUT2D eigenvalue weighted by Crippen LogP contribution is -2.38. The molecule has 6 nitrogen and oxygen atoms in total. The van der Waals surface area contributed by atoms with Crippen molar-refractivity contribution in [3.63, 3.8) is 0 Å². The summed E-state index contributed by atoms with van der Waals surface area (Å²) in [5.74, 6) is 0.700. The minimum Gasteiger partial charge on any atom is -0.357 e. The fraction of sp³-hybridized carbons (Fsp3) is 0.778. The number of nitrogens with zero attached hydrogens (tertiary/aromatic N) is 4. The highest BCUT2D eigenvalue weighted by atomic mass is 127. The van der Waals surface area contributed by atoms with Crippen molar-refractivity contribution in [2.24, 2.45) is 4.99 Å². The number of thiazole rings is 1. The van der Waals surface area contributed by atoms with Crippen LogP contribution in [0.25, 0.3) is 0 Å². The van der Waals surface area contributed by atoms with Gasteiger partial charge in [0.15, 0.2) is 11.7 Å². The van der Waals surface area contributed by atoms with Crippen LogP contribution in [0.3, 0.4) is 0 Å². The number of alkyl halides is 3. The molecule has 168 valence electrons. The minimum absolute atomic E-state index is 0. The fourth-order valence-electron chi connectivity index (χ4n) is 2.99. The van der Waals surface area contributed by atoms with Gasteiger partial charge in [-0.3, -0.25) is 4.99 Å². The van der Waals surface area contributed by atoms with Crippen molar-refractivity contribution in [1.29, 1.82) is 0 Å². The normalized spacial score (nSPS) is 16.9. The zero-order valence-electron chi connectivity index (χ0n) is 17.1. The maximum Gasteiger partial charge on any atom is 0.434 e. The molecule has 0 saturated carbocycles. The molecule has 0 spiro atoms. The van der Waals surface area contributed by atoms with E-state index in [1.807, 2.05) is 6.92 Å². The average molecular weight is 548 g/mol. The first-order valence-corrected chi connectivity index (χ1v) is 10.7. The largest absolute Gasteiger partial charge is 0.434 e. The van der Waals surface area contributed by atoms with Crippen molar-refractivity contribution in [3.8, 4) is 0 Å². The Hall–Kier alpha value is -0.660. The first kappa shape index (κ1) is 26.4. The molecule has 1 aliphatic heterocycles. The lowest BCUT2D eigenvalue weighted by Gasteiger charge is -2.19. The van der Waals surface area contributed by atoms with Crippen LogP contribution in [0.5, 0.6) is 0 Å². The van der Waals surface area contributed by atoms with E-state index in [1.54, 1.807) is 0 Å². The third kappa shape index (κ3) is 10.3. The molecule has 1 aliphatic rings. The van der Waals surface area contributed by atoms with Gasteiger partial charge in [0.2, 0.25) is 0 Å². The second-order valence-electron chi connectivity index (χ2n) is 6.91. The van der Waals surface area contributed by atoms with Crippen molar-refractivity contribution >= 4 is 41.3 Å². The summed E-state index contributed by atoms with van der Waals surface area (Å²) in [6, 6.07) is 0. The van der Waals surface area contributed by atoms with Crippen LogP contribution in [0.1, 0.15) is 30.5 Å². The number of rotatable bonds is 8. The number of hydrogen-bond acceptors (Lipinski definition) is 5. The van der Waals surface area contributed by atoms with Gasteiger partial charge in [-0.2, -0.15) is 13.2 Å². The summed E-state index contributed by atoms with van der Waals surface area (Å²) in [4.78, 5) is 13.1. The van der Waals surface area contributed by atoms with E-state index >= 15 is 0 Å². The van der Waals surface area contributed by atoms with E-state index in [1.165, 1.54) is 6.42 Å². The van der Waals surface area contributed by atoms with E-state index in [2.05, 4.69) is 37.5 Å². The Kier molecular flexibility index (Phi) is 12.4. The van der Waals surface area contributed by atoms with Gasteiger partial charge in [0.05, 0.1) is 5.01 Å². The van der Waals surface area contributed by atoms with E-state index < -0.39 is 11.9 Å². The molecule has 0 amide bonds. The molecule has 0 radical (unpaired) electrons. The van der Waals surface area contributed by atoms with Crippen LogP contribution in [0.4, 0.5) is 13.2 Å². The van der Waals surface area contributed by atoms with Crippen molar-refractivity contribution in [1.82, 2.24) is 25.4 Å². The zero-order chi connectivity index (χ0) is 20.4. The highest BCUT2D eigenvalue weighted by Crippen LogP contribution is 2.29. The summed E-state index contributed by atoms with van der Waals surface area (Å²) < 4.78 is 37.8. The van der Waals surface area contributed by atoms with Gasteiger partial charge in [-0.1, -0.05) is 0 Å².